The molecule has 25 heavy (non-hydrogen) atoms. The van der Waals surface area contributed by atoms with E-state index >= 15 is 0 Å². The zero-order valence-corrected chi connectivity index (χ0v) is 14.7. The molecule has 0 bridgehead atoms. The van der Waals surface area contributed by atoms with Gasteiger partial charge in [0.1, 0.15) is 0 Å². The summed E-state index contributed by atoms with van der Waals surface area (Å²) in [6.07, 6.45) is 0.933. The van der Waals surface area contributed by atoms with E-state index in [-0.39, 0.29) is 5.37 Å². The van der Waals surface area contributed by atoms with Gasteiger partial charge in [0.15, 0.2) is 0 Å². The molecule has 1 heterocycles. The third kappa shape index (κ3) is 2.99. The number of hydroxylamine groups is 2. The monoisotopic (exact) mass is 346 g/mol. The Kier molecular flexibility index (Phi) is 4.62. The van der Waals surface area contributed by atoms with Gasteiger partial charge in [0.05, 0.1) is 4.75 Å². The second-order valence-electron chi connectivity index (χ2n) is 6.28. The Morgan fingerprint density at radius 2 is 1.12 bits per heavy atom. The van der Waals surface area contributed by atoms with Crippen LogP contribution in [0.3, 0.4) is 0 Å². The lowest BCUT2D eigenvalue weighted by molar-refractivity contribution is 0.232. The van der Waals surface area contributed by atoms with Crippen molar-refractivity contribution < 1.29 is 0 Å². The van der Waals surface area contributed by atoms with Gasteiger partial charge in [0.2, 0.25) is 0 Å². The van der Waals surface area contributed by atoms with Gasteiger partial charge in [-0.25, -0.2) is 0 Å². The van der Waals surface area contributed by atoms with E-state index in [9.17, 15) is 5.21 Å². The van der Waals surface area contributed by atoms with Gasteiger partial charge in [-0.2, -0.15) is 0 Å². The van der Waals surface area contributed by atoms with E-state index in [0.29, 0.717) is 6.54 Å². The van der Waals surface area contributed by atoms with Crippen LogP contribution in [0.2, 0.25) is 0 Å². The maximum Gasteiger partial charge on any atom is 0.0922 e. The standard InChI is InChI=1S/C22H20NOS/c24-23-17-16-21(23)25-22(18-10-4-1-5-11-18,19-12-6-2-7-13-19)20-14-8-3-9-15-20/h1-15,21H,16-17H2/q-1. The van der Waals surface area contributed by atoms with Crippen LogP contribution >= 0.6 is 11.8 Å². The number of nitrogens with zero attached hydrogens (tertiary/aromatic N) is 1. The van der Waals surface area contributed by atoms with E-state index in [1.165, 1.54) is 21.8 Å². The summed E-state index contributed by atoms with van der Waals surface area (Å²) in [6, 6.07) is 31.6. The fourth-order valence-corrected chi connectivity index (χ4v) is 5.06. The van der Waals surface area contributed by atoms with Crippen LogP contribution in [0.4, 0.5) is 0 Å². The molecule has 2 nitrogen and oxygen atoms in total. The van der Waals surface area contributed by atoms with Crippen LogP contribution in [0, 0.1) is 5.21 Å². The van der Waals surface area contributed by atoms with Crippen molar-refractivity contribution in [3.8, 4) is 0 Å². The lowest BCUT2D eigenvalue weighted by Gasteiger charge is -2.50. The molecule has 0 saturated carbocycles. The number of benzene rings is 3. The second-order valence-corrected chi connectivity index (χ2v) is 7.67. The summed E-state index contributed by atoms with van der Waals surface area (Å²) in [7, 11) is 0. The largest absolute Gasteiger partial charge is 0.784 e. The number of rotatable bonds is 5. The van der Waals surface area contributed by atoms with Crippen molar-refractivity contribution in [1.29, 1.82) is 0 Å². The van der Waals surface area contributed by atoms with E-state index in [2.05, 4.69) is 72.8 Å². The topological polar surface area (TPSA) is 26.3 Å². The molecule has 1 unspecified atom stereocenters. The fraction of sp³-hybridized carbons (Fsp3) is 0.182. The predicted molar refractivity (Wildman–Crippen MR) is 105 cm³/mol. The molecule has 3 heteroatoms. The molecule has 1 aliphatic heterocycles. The molecule has 4 rings (SSSR count). The van der Waals surface area contributed by atoms with Crippen molar-refractivity contribution in [3.63, 3.8) is 0 Å². The second kappa shape index (κ2) is 7.04. The highest BCUT2D eigenvalue weighted by Crippen LogP contribution is 2.52. The molecule has 1 fully saturated rings. The van der Waals surface area contributed by atoms with Crippen LogP contribution in [-0.2, 0) is 4.75 Å². The van der Waals surface area contributed by atoms with Crippen molar-refractivity contribution in [2.45, 2.75) is 16.5 Å². The third-order valence-corrected chi connectivity index (χ3v) is 6.57. The molecule has 3 aromatic carbocycles. The van der Waals surface area contributed by atoms with Crippen LogP contribution < -0.4 is 0 Å². The van der Waals surface area contributed by atoms with Crippen molar-refractivity contribution >= 4 is 11.8 Å². The first-order chi connectivity index (χ1) is 12.3. The minimum absolute atomic E-state index is 0.0133. The van der Waals surface area contributed by atoms with Crippen LogP contribution in [0.15, 0.2) is 91.0 Å². The molecule has 0 spiro atoms. The zero-order valence-electron chi connectivity index (χ0n) is 13.9. The van der Waals surface area contributed by atoms with E-state index < -0.39 is 4.75 Å². The Bertz CT molecular complexity index is 711. The Labute approximate surface area is 153 Å². The van der Waals surface area contributed by atoms with Crippen LogP contribution in [-0.4, -0.2) is 17.0 Å². The van der Waals surface area contributed by atoms with Crippen LogP contribution in [0.5, 0.6) is 0 Å². The van der Waals surface area contributed by atoms with Gasteiger partial charge in [-0.05, 0) is 29.7 Å². The van der Waals surface area contributed by atoms with Gasteiger partial charge < -0.3 is 10.3 Å². The Morgan fingerprint density at radius 3 is 1.40 bits per heavy atom. The average Bonchev–Trinajstić information content (AvgIpc) is 2.70. The highest BCUT2D eigenvalue weighted by Gasteiger charge is 2.41. The molecule has 3 aromatic rings. The van der Waals surface area contributed by atoms with Crippen LogP contribution in [0.1, 0.15) is 23.1 Å². The smallest absolute Gasteiger partial charge is 0.0922 e. The minimum Gasteiger partial charge on any atom is -0.784 e. The fourth-order valence-electron chi connectivity index (χ4n) is 3.38. The molecule has 1 atom stereocenters. The van der Waals surface area contributed by atoms with Gasteiger partial charge in [-0.15, -0.1) is 11.8 Å². The summed E-state index contributed by atoms with van der Waals surface area (Å²) in [5.41, 5.74) is 3.62. The molecule has 1 saturated heterocycles. The summed E-state index contributed by atoms with van der Waals surface area (Å²) < 4.78 is -0.391. The minimum atomic E-state index is -0.391. The molecule has 0 amide bonds. The van der Waals surface area contributed by atoms with E-state index in [4.69, 9.17) is 0 Å². The lowest BCUT2D eigenvalue weighted by atomic mass is 9.84. The predicted octanol–water partition coefficient (Wildman–Crippen LogP) is 5.24. The van der Waals surface area contributed by atoms with Crippen molar-refractivity contribution in [3.05, 3.63) is 113 Å². The first kappa shape index (κ1) is 16.4. The lowest BCUT2D eigenvalue weighted by Crippen LogP contribution is -2.44. The summed E-state index contributed by atoms with van der Waals surface area (Å²) >= 11 is 1.76. The first-order valence-electron chi connectivity index (χ1n) is 8.59. The zero-order chi connectivity index (χ0) is 17.1. The molecule has 0 radical (unpaired) electrons. The van der Waals surface area contributed by atoms with Gasteiger partial charge in [0, 0.05) is 5.37 Å². The van der Waals surface area contributed by atoms with Crippen LogP contribution in [0.25, 0.3) is 0 Å². The summed E-state index contributed by atoms with van der Waals surface area (Å²) in [5, 5.41) is 13.3. The molecular weight excluding hydrogens is 326 g/mol. The quantitative estimate of drug-likeness (QED) is 0.591. The van der Waals surface area contributed by atoms with E-state index in [1.54, 1.807) is 11.8 Å². The summed E-state index contributed by atoms with van der Waals surface area (Å²) in [6.45, 7) is 0.631. The van der Waals surface area contributed by atoms with Gasteiger partial charge in [-0.3, -0.25) is 0 Å². The Balaban J connectivity index is 1.94. The number of thioether (sulfide) groups is 1. The van der Waals surface area contributed by atoms with Crippen molar-refractivity contribution in [2.75, 3.05) is 6.54 Å². The van der Waals surface area contributed by atoms with E-state index in [0.717, 1.165) is 6.42 Å². The maximum atomic E-state index is 12.1. The highest BCUT2D eigenvalue weighted by atomic mass is 32.2. The summed E-state index contributed by atoms with van der Waals surface area (Å²) in [5.74, 6) is 0. The van der Waals surface area contributed by atoms with Gasteiger partial charge in [0.25, 0.3) is 0 Å². The SMILES string of the molecule is [O-]N1CCC1SC(c1ccccc1)(c1ccccc1)c1ccccc1. The number of hydrogen-bond donors (Lipinski definition) is 0. The molecule has 126 valence electrons. The van der Waals surface area contributed by atoms with Crippen molar-refractivity contribution in [1.82, 2.24) is 5.06 Å². The normalized spacial score (nSPS) is 17.9. The first-order valence-corrected chi connectivity index (χ1v) is 9.47. The molecule has 1 aliphatic rings. The van der Waals surface area contributed by atoms with Gasteiger partial charge >= 0.3 is 0 Å². The third-order valence-electron chi connectivity index (χ3n) is 4.77. The number of hydrogen-bond acceptors (Lipinski definition) is 3. The van der Waals surface area contributed by atoms with E-state index in [1.807, 2.05) is 18.2 Å². The highest BCUT2D eigenvalue weighted by molar-refractivity contribution is 8.01. The molecular formula is C22H20NOS-. The molecule has 0 N–H and O–H groups in total. The Hall–Kier alpha value is -2.07. The Morgan fingerprint density at radius 1 is 0.720 bits per heavy atom. The summed E-state index contributed by atoms with van der Waals surface area (Å²) in [4.78, 5) is 0. The molecule has 0 aliphatic carbocycles. The maximum absolute atomic E-state index is 12.1. The average molecular weight is 346 g/mol. The van der Waals surface area contributed by atoms with Crippen molar-refractivity contribution in [2.24, 2.45) is 0 Å². The molecule has 0 aromatic heterocycles. The van der Waals surface area contributed by atoms with Gasteiger partial charge in [-0.1, -0.05) is 91.0 Å².